The van der Waals surface area contributed by atoms with Crippen LogP contribution in [0.4, 0.5) is 0 Å². The molecule has 500 valence electrons. The predicted octanol–water partition coefficient (Wildman–Crippen LogP) is 6.98. The Morgan fingerprint density at radius 2 is 1.00 bits per heavy atom. The van der Waals surface area contributed by atoms with E-state index in [1.54, 1.807) is 40.2 Å². The molecule has 0 spiro atoms. The van der Waals surface area contributed by atoms with Crippen molar-refractivity contribution in [2.75, 3.05) is 94.4 Å². The normalized spacial score (nSPS) is 29.1. The summed E-state index contributed by atoms with van der Waals surface area (Å²) in [7, 11) is 10.5. The van der Waals surface area contributed by atoms with Crippen LogP contribution in [0.5, 0.6) is 57.5 Å². The number of nitriles is 2. The molecule has 94 heavy (non-hydrogen) atoms. The molecule has 14 rings (SSSR count). The first-order chi connectivity index (χ1) is 45.2. The number of hydrogen-bond donors (Lipinski definition) is 1. The van der Waals surface area contributed by atoms with Gasteiger partial charge < -0.3 is 72.0 Å². The SMILES string of the molecule is COCOc1c(OC)c(C)cc2c1[C@@H]1C3[C@@H]4SC[C@H](C)C(=O)OC[C@@H](c5c6c(c(C)c(OC(C)=O)c54)OCO6)N3[C@@H](C#N)[C@H](C2)N1C.COCOc1c(OC)c(C)cc2c1[C@@H]1C3[C@@H]4SC[C@H](N)C(=O)OC[C@@H](c5c6c(c(C)c(OC(C)=O)c54)OCO6)N3[C@@H](C#N)[C@H](C2)N1C. The zero-order chi connectivity index (χ0) is 66.6. The molecule has 10 aliphatic heterocycles. The molecule has 8 bridgehead atoms. The number of rotatable bonds is 10. The van der Waals surface area contributed by atoms with Crippen LogP contribution in [0.25, 0.3) is 0 Å². The number of methoxy groups -OCH3 is 4. The van der Waals surface area contributed by atoms with E-state index in [1.807, 2.05) is 41.7 Å². The molecule has 10 heterocycles. The van der Waals surface area contributed by atoms with Gasteiger partial charge in [-0.2, -0.15) is 22.3 Å². The third kappa shape index (κ3) is 10.2. The molecule has 2 unspecified atom stereocenters. The average Bonchev–Trinajstić information content (AvgIpc) is 0.905. The summed E-state index contributed by atoms with van der Waals surface area (Å²) in [6.45, 7) is 12.2. The predicted molar refractivity (Wildman–Crippen MR) is 339 cm³/mol. The number of nitrogens with two attached hydrogens (primary N) is 1. The van der Waals surface area contributed by atoms with Gasteiger partial charge in [-0.3, -0.25) is 38.8 Å². The maximum Gasteiger partial charge on any atom is 0.323 e. The first kappa shape index (κ1) is 65.2. The highest BCUT2D eigenvalue weighted by Crippen LogP contribution is 2.67. The number of cyclic esters (lactones) is 2. The van der Waals surface area contributed by atoms with Crippen molar-refractivity contribution < 1.29 is 85.5 Å². The fourth-order valence-electron chi connectivity index (χ4n) is 16.5. The Kier molecular flexibility index (Phi) is 17.8. The number of hydrogen-bond acceptors (Lipinski definition) is 27. The second-order valence-corrected chi connectivity index (χ2v) is 27.7. The van der Waals surface area contributed by atoms with Crippen molar-refractivity contribution in [2.24, 2.45) is 11.7 Å². The highest BCUT2D eigenvalue weighted by atomic mass is 32.2. The number of thioether (sulfide) groups is 2. The maximum absolute atomic E-state index is 13.2. The van der Waals surface area contributed by atoms with Crippen molar-refractivity contribution >= 4 is 47.4 Å². The minimum atomic E-state index is -0.883. The van der Waals surface area contributed by atoms with Gasteiger partial charge in [0, 0.05) is 108 Å². The summed E-state index contributed by atoms with van der Waals surface area (Å²) in [5, 5.41) is 21.1. The molecule has 27 heteroatoms. The Balaban J connectivity index is 0.000000171. The van der Waals surface area contributed by atoms with Gasteiger partial charge in [0.25, 0.3) is 0 Å². The van der Waals surface area contributed by atoms with E-state index in [1.165, 1.54) is 25.6 Å². The Morgan fingerprint density at radius 1 is 0.585 bits per heavy atom. The quantitative estimate of drug-likeness (QED) is 0.0951. The maximum atomic E-state index is 13.2. The van der Waals surface area contributed by atoms with Gasteiger partial charge >= 0.3 is 23.9 Å². The van der Waals surface area contributed by atoms with Crippen LogP contribution in [0.1, 0.15) is 122 Å². The zero-order valence-electron chi connectivity index (χ0n) is 54.7. The van der Waals surface area contributed by atoms with E-state index in [2.05, 4.69) is 50.9 Å². The molecule has 0 amide bonds. The molecule has 25 nitrogen and oxygen atoms in total. The van der Waals surface area contributed by atoms with E-state index in [9.17, 15) is 29.7 Å². The van der Waals surface area contributed by atoms with Crippen molar-refractivity contribution in [1.29, 1.82) is 10.5 Å². The molecule has 0 aromatic heterocycles. The van der Waals surface area contributed by atoms with Gasteiger partial charge in [-0.15, -0.1) is 11.8 Å². The molecule has 4 fully saturated rings. The largest absolute Gasteiger partial charge is 0.493 e. The molecule has 0 aliphatic carbocycles. The highest BCUT2D eigenvalue weighted by Gasteiger charge is 2.63. The van der Waals surface area contributed by atoms with Crippen molar-refractivity contribution in [1.82, 2.24) is 19.6 Å². The minimum Gasteiger partial charge on any atom is -0.493 e. The number of fused-ring (bicyclic) bond motifs is 18. The number of carbonyl (C=O) groups is 4. The topological polar surface area (TPSA) is 284 Å². The van der Waals surface area contributed by atoms with Crippen LogP contribution in [0.3, 0.4) is 0 Å². The lowest BCUT2D eigenvalue weighted by atomic mass is 9.71. The molecular weight excluding hydrogens is 1250 g/mol. The van der Waals surface area contributed by atoms with Crippen molar-refractivity contribution in [3.8, 4) is 69.6 Å². The van der Waals surface area contributed by atoms with Gasteiger partial charge in [0.1, 0.15) is 42.8 Å². The van der Waals surface area contributed by atoms with Crippen LogP contribution in [-0.4, -0.2) is 180 Å². The molecule has 2 N–H and O–H groups in total. The summed E-state index contributed by atoms with van der Waals surface area (Å²) in [6.07, 6.45) is 1.17. The summed E-state index contributed by atoms with van der Waals surface area (Å²) in [5.41, 5.74) is 16.5. The van der Waals surface area contributed by atoms with Crippen LogP contribution in [0.2, 0.25) is 0 Å². The second-order valence-electron chi connectivity index (χ2n) is 25.3. The van der Waals surface area contributed by atoms with Gasteiger partial charge in [-0.1, -0.05) is 19.1 Å². The van der Waals surface area contributed by atoms with Crippen LogP contribution >= 0.6 is 23.5 Å². The molecule has 4 aromatic carbocycles. The van der Waals surface area contributed by atoms with Crippen molar-refractivity contribution in [2.45, 2.75) is 138 Å². The first-order valence-electron chi connectivity index (χ1n) is 31.3. The second kappa shape index (κ2) is 25.6. The third-order valence-electron chi connectivity index (χ3n) is 20.2. The average molecular weight is 1330 g/mol. The Morgan fingerprint density at radius 3 is 1.40 bits per heavy atom. The molecule has 4 saturated heterocycles. The Labute approximate surface area is 553 Å². The monoisotopic (exact) mass is 1330 g/mol. The van der Waals surface area contributed by atoms with E-state index in [-0.39, 0.29) is 93.5 Å². The van der Waals surface area contributed by atoms with Gasteiger partial charge in [-0.05, 0) is 76.9 Å². The minimum absolute atomic E-state index is 0.000691. The number of nitrogens with zero attached hydrogens (tertiary/aromatic N) is 6. The number of aryl methyl sites for hydroxylation is 2. The van der Waals surface area contributed by atoms with Crippen LogP contribution in [0.15, 0.2) is 12.1 Å². The van der Waals surface area contributed by atoms with E-state index >= 15 is 0 Å². The summed E-state index contributed by atoms with van der Waals surface area (Å²) in [6, 6.07) is 4.47. The Bertz CT molecular complexity index is 3630. The summed E-state index contributed by atoms with van der Waals surface area (Å²) in [4.78, 5) is 60.5. The number of ether oxygens (including phenoxy) is 14. The Hall–Kier alpha value is -7.44. The summed E-state index contributed by atoms with van der Waals surface area (Å²) >= 11 is 3.08. The van der Waals surface area contributed by atoms with Crippen molar-refractivity contribution in [3.05, 3.63) is 78.9 Å². The van der Waals surface area contributed by atoms with Gasteiger partial charge in [0.15, 0.2) is 59.6 Å². The lowest BCUT2D eigenvalue weighted by Crippen LogP contribution is -2.69. The standard InChI is InChI=1S/C34H39N3O9S.C33H38N4O9S/c1-15-8-19-9-20-21(10-35)37-22-11-42-34(39)16(2)12-47-33(25-24(22)32-30(44-14-45-32)17(3)29(25)46-18(4)38)27(37)26(36(20)5)23(19)31(28(15)41-7)43-13-40-6;1-14-7-17-8-19-20(9-34)37-21-10-42-33(39)18(35)11-47-32(24-23(21)31-29(44-13-45-31)15(2)28(24)46-16(3)38)26(37)25(36(19)4)22(17)30(27(14)41-6)43-12-40-5/h8,16,20-22,26-27,33H,9,11-14H2,1-7H3;7,18-21,25-26,32H,8,10-13,35H2,1-6H3/t16-,20-,21-,22-,26+,27?,33+;18-,19-,20-,21-,25+,26?,32+/m00/s1. The van der Waals surface area contributed by atoms with E-state index in [0.717, 1.165) is 50.1 Å². The molecule has 14 atom stereocenters. The number of carbonyl (C=O) groups excluding carboxylic acids is 4. The number of piperazine rings is 2. The van der Waals surface area contributed by atoms with E-state index in [4.69, 9.17) is 72.0 Å². The molecular formula is C67H77N7O18S2. The number of esters is 4. The van der Waals surface area contributed by atoms with Gasteiger partial charge in [0.05, 0.1) is 66.9 Å². The molecule has 4 aromatic rings. The molecule has 10 aliphatic rings. The summed E-state index contributed by atoms with van der Waals surface area (Å²) < 4.78 is 83.4. The summed E-state index contributed by atoms with van der Waals surface area (Å²) in [5.74, 6) is 3.75. The fourth-order valence-corrected chi connectivity index (χ4v) is 19.5. The number of benzene rings is 4. The molecule has 0 saturated carbocycles. The van der Waals surface area contributed by atoms with Crippen LogP contribution in [0, 0.1) is 56.3 Å². The van der Waals surface area contributed by atoms with Crippen molar-refractivity contribution in [3.63, 3.8) is 0 Å². The van der Waals surface area contributed by atoms with Crippen LogP contribution in [-0.2, 0) is 51.0 Å². The molecule has 0 radical (unpaired) electrons. The zero-order valence-corrected chi connectivity index (χ0v) is 56.4. The van der Waals surface area contributed by atoms with E-state index < -0.39 is 59.4 Å². The lowest BCUT2D eigenvalue weighted by Gasteiger charge is -2.61. The van der Waals surface area contributed by atoms with Gasteiger partial charge in [-0.25, -0.2) is 0 Å². The highest BCUT2D eigenvalue weighted by molar-refractivity contribution is 7.99. The fraction of sp³-hybridized carbons (Fsp3) is 0.552. The third-order valence-corrected chi connectivity index (χ3v) is 23.1. The number of likely N-dealkylation sites (N-methyl/N-ethyl adjacent to an activating group) is 2. The first-order valence-corrected chi connectivity index (χ1v) is 33.4. The lowest BCUT2D eigenvalue weighted by molar-refractivity contribution is -0.153. The smallest absolute Gasteiger partial charge is 0.323 e. The van der Waals surface area contributed by atoms with Gasteiger partial charge in [0.2, 0.25) is 13.6 Å². The van der Waals surface area contributed by atoms with Crippen LogP contribution < -0.4 is 53.1 Å². The van der Waals surface area contributed by atoms with E-state index in [0.29, 0.717) is 92.8 Å².